The van der Waals surface area contributed by atoms with E-state index in [0.717, 1.165) is 45.2 Å². The van der Waals surface area contributed by atoms with Crippen LogP contribution in [-0.4, -0.2) is 60.9 Å². The van der Waals surface area contributed by atoms with Gasteiger partial charge in [-0.2, -0.15) is 0 Å². The third kappa shape index (κ3) is 4.92. The van der Waals surface area contributed by atoms with Gasteiger partial charge in [0.15, 0.2) is 5.82 Å². The van der Waals surface area contributed by atoms with E-state index < -0.39 is 0 Å². The van der Waals surface area contributed by atoms with E-state index in [1.54, 1.807) is 6.07 Å². The summed E-state index contributed by atoms with van der Waals surface area (Å²) < 4.78 is 10.6. The molecule has 2 heterocycles. The molecule has 112 valence electrons. The molecular formula is C13H23N5O2. The highest BCUT2D eigenvalue weighted by atomic mass is 16.5. The van der Waals surface area contributed by atoms with Crippen molar-refractivity contribution in [3.05, 3.63) is 11.9 Å². The molecule has 0 amide bonds. The Morgan fingerprint density at radius 3 is 2.95 bits per heavy atom. The number of nitrogen functional groups attached to an aromatic ring is 1. The van der Waals surface area contributed by atoms with Gasteiger partial charge in [0.25, 0.3) is 0 Å². The third-order valence-corrected chi connectivity index (χ3v) is 3.07. The molecule has 1 saturated heterocycles. The van der Waals surface area contributed by atoms with Crippen LogP contribution in [0.5, 0.6) is 0 Å². The van der Waals surface area contributed by atoms with E-state index >= 15 is 0 Å². The lowest BCUT2D eigenvalue weighted by molar-refractivity contribution is 0.0398. The number of aromatic nitrogens is 2. The molecule has 0 saturated carbocycles. The number of nitrogens with zero attached hydrogens (tertiary/aromatic N) is 3. The highest BCUT2D eigenvalue weighted by Gasteiger charge is 2.09. The van der Waals surface area contributed by atoms with Crippen molar-refractivity contribution >= 4 is 11.6 Å². The summed E-state index contributed by atoms with van der Waals surface area (Å²) in [4.78, 5) is 10.9. The highest BCUT2D eigenvalue weighted by Crippen LogP contribution is 2.09. The van der Waals surface area contributed by atoms with Gasteiger partial charge in [0.05, 0.1) is 13.2 Å². The fourth-order valence-electron chi connectivity index (χ4n) is 2.03. The van der Waals surface area contributed by atoms with Crippen LogP contribution in [0, 0.1) is 0 Å². The van der Waals surface area contributed by atoms with Crippen LogP contribution < -0.4 is 11.1 Å². The minimum absolute atomic E-state index is 0.389. The first-order valence-corrected chi connectivity index (χ1v) is 7.03. The van der Waals surface area contributed by atoms with Crippen molar-refractivity contribution in [2.75, 3.05) is 57.1 Å². The van der Waals surface area contributed by atoms with Crippen molar-refractivity contribution in [2.24, 2.45) is 0 Å². The standard InChI is InChI=1S/C13H23N5O2/c1-2-19-10-13-16-11(14)9-12(17-13)15-3-4-18-5-7-20-8-6-18/h9H,2-8,10H2,1H3,(H3,14,15,16,17). The average molecular weight is 281 g/mol. The Balaban J connectivity index is 1.80. The second-order valence-corrected chi connectivity index (χ2v) is 4.61. The lowest BCUT2D eigenvalue weighted by atomic mass is 10.4. The molecule has 7 heteroatoms. The second-order valence-electron chi connectivity index (χ2n) is 4.61. The maximum atomic E-state index is 5.77. The molecule has 0 aliphatic carbocycles. The molecule has 1 aromatic heterocycles. The van der Waals surface area contributed by atoms with E-state index in [9.17, 15) is 0 Å². The van der Waals surface area contributed by atoms with Crippen LogP contribution in [0.15, 0.2) is 6.07 Å². The largest absolute Gasteiger partial charge is 0.384 e. The zero-order valence-electron chi connectivity index (χ0n) is 12.0. The van der Waals surface area contributed by atoms with Crippen molar-refractivity contribution < 1.29 is 9.47 Å². The van der Waals surface area contributed by atoms with Gasteiger partial charge in [-0.15, -0.1) is 0 Å². The van der Waals surface area contributed by atoms with E-state index in [0.29, 0.717) is 24.9 Å². The lowest BCUT2D eigenvalue weighted by Gasteiger charge is -2.26. The van der Waals surface area contributed by atoms with Gasteiger partial charge in [0.1, 0.15) is 18.2 Å². The van der Waals surface area contributed by atoms with Gasteiger partial charge in [-0.3, -0.25) is 4.90 Å². The first-order chi connectivity index (χ1) is 9.78. The fourth-order valence-corrected chi connectivity index (χ4v) is 2.03. The SMILES string of the molecule is CCOCc1nc(N)cc(NCCN2CCOCC2)n1. The van der Waals surface area contributed by atoms with Crippen LogP contribution in [-0.2, 0) is 16.1 Å². The number of ether oxygens (including phenoxy) is 2. The van der Waals surface area contributed by atoms with Gasteiger partial charge in [0.2, 0.25) is 0 Å². The number of rotatable bonds is 7. The molecule has 0 aromatic carbocycles. The Morgan fingerprint density at radius 2 is 2.20 bits per heavy atom. The van der Waals surface area contributed by atoms with Crippen LogP contribution >= 0.6 is 0 Å². The van der Waals surface area contributed by atoms with E-state index in [1.165, 1.54) is 0 Å². The van der Waals surface area contributed by atoms with Gasteiger partial charge in [0, 0.05) is 38.9 Å². The zero-order valence-corrected chi connectivity index (χ0v) is 12.0. The van der Waals surface area contributed by atoms with Gasteiger partial charge < -0.3 is 20.5 Å². The average Bonchev–Trinajstić information content (AvgIpc) is 2.46. The molecule has 0 spiro atoms. The maximum absolute atomic E-state index is 5.77. The molecule has 3 N–H and O–H groups in total. The highest BCUT2D eigenvalue weighted by molar-refractivity contribution is 5.44. The van der Waals surface area contributed by atoms with E-state index in [2.05, 4.69) is 20.2 Å². The van der Waals surface area contributed by atoms with E-state index in [4.69, 9.17) is 15.2 Å². The predicted molar refractivity (Wildman–Crippen MR) is 77.5 cm³/mol. The summed E-state index contributed by atoms with van der Waals surface area (Å²) in [5.74, 6) is 1.82. The Morgan fingerprint density at radius 1 is 1.40 bits per heavy atom. The number of anilines is 2. The maximum Gasteiger partial charge on any atom is 0.158 e. The minimum atomic E-state index is 0.389. The van der Waals surface area contributed by atoms with Crippen LogP contribution in [0.2, 0.25) is 0 Å². The third-order valence-electron chi connectivity index (χ3n) is 3.07. The number of nitrogens with one attached hydrogen (secondary N) is 1. The van der Waals surface area contributed by atoms with Crippen molar-refractivity contribution in [1.82, 2.24) is 14.9 Å². The van der Waals surface area contributed by atoms with Gasteiger partial charge in [-0.25, -0.2) is 9.97 Å². The first kappa shape index (κ1) is 15.0. The van der Waals surface area contributed by atoms with E-state index in [1.807, 2.05) is 6.92 Å². The fraction of sp³-hybridized carbons (Fsp3) is 0.692. The number of hydrogen-bond donors (Lipinski definition) is 2. The predicted octanol–water partition coefficient (Wildman–Crippen LogP) is 0.339. The van der Waals surface area contributed by atoms with Crippen LogP contribution in [0.4, 0.5) is 11.6 Å². The summed E-state index contributed by atoms with van der Waals surface area (Å²) >= 11 is 0. The Labute approximate surface area is 119 Å². The van der Waals surface area contributed by atoms with Crippen molar-refractivity contribution in [3.8, 4) is 0 Å². The number of hydrogen-bond acceptors (Lipinski definition) is 7. The van der Waals surface area contributed by atoms with Crippen LogP contribution in [0.25, 0.3) is 0 Å². The van der Waals surface area contributed by atoms with E-state index in [-0.39, 0.29) is 0 Å². The zero-order chi connectivity index (χ0) is 14.2. The number of nitrogens with two attached hydrogens (primary N) is 1. The molecule has 1 fully saturated rings. The molecular weight excluding hydrogens is 258 g/mol. The normalized spacial score (nSPS) is 16.2. The Bertz CT molecular complexity index is 410. The molecule has 0 unspecified atom stereocenters. The molecule has 20 heavy (non-hydrogen) atoms. The summed E-state index contributed by atoms with van der Waals surface area (Å²) in [5.41, 5.74) is 5.77. The Kier molecular flexibility index (Phi) is 5.97. The molecule has 1 aliphatic heterocycles. The van der Waals surface area contributed by atoms with Crippen molar-refractivity contribution in [2.45, 2.75) is 13.5 Å². The van der Waals surface area contributed by atoms with Crippen LogP contribution in [0.3, 0.4) is 0 Å². The van der Waals surface area contributed by atoms with Crippen molar-refractivity contribution in [1.29, 1.82) is 0 Å². The van der Waals surface area contributed by atoms with Gasteiger partial charge in [-0.1, -0.05) is 0 Å². The molecule has 0 bridgehead atoms. The summed E-state index contributed by atoms with van der Waals surface area (Å²) in [6, 6.07) is 1.74. The molecule has 0 radical (unpaired) electrons. The van der Waals surface area contributed by atoms with Crippen molar-refractivity contribution in [3.63, 3.8) is 0 Å². The van der Waals surface area contributed by atoms with Crippen LogP contribution in [0.1, 0.15) is 12.7 Å². The smallest absolute Gasteiger partial charge is 0.158 e. The number of morpholine rings is 1. The molecule has 1 aromatic rings. The Hall–Kier alpha value is -1.44. The van der Waals surface area contributed by atoms with Gasteiger partial charge in [-0.05, 0) is 6.92 Å². The lowest BCUT2D eigenvalue weighted by Crippen LogP contribution is -2.39. The minimum Gasteiger partial charge on any atom is -0.384 e. The quantitative estimate of drug-likeness (QED) is 0.745. The van der Waals surface area contributed by atoms with Gasteiger partial charge >= 0.3 is 0 Å². The summed E-state index contributed by atoms with van der Waals surface area (Å²) in [6.07, 6.45) is 0. The second kappa shape index (κ2) is 7.98. The molecule has 2 rings (SSSR count). The summed E-state index contributed by atoms with van der Waals surface area (Å²) in [5, 5.41) is 3.28. The topological polar surface area (TPSA) is 85.5 Å². The summed E-state index contributed by atoms with van der Waals surface area (Å²) in [6.45, 7) is 8.37. The molecule has 1 aliphatic rings. The monoisotopic (exact) mass is 281 g/mol. The molecule has 0 atom stereocenters. The first-order valence-electron chi connectivity index (χ1n) is 7.03. The summed E-state index contributed by atoms with van der Waals surface area (Å²) in [7, 11) is 0. The molecule has 7 nitrogen and oxygen atoms in total.